The van der Waals surface area contributed by atoms with Crippen molar-refractivity contribution in [1.29, 1.82) is 0 Å². The summed E-state index contributed by atoms with van der Waals surface area (Å²) in [4.78, 5) is 10.7. The van der Waals surface area contributed by atoms with Crippen molar-refractivity contribution in [2.75, 3.05) is 5.33 Å². The largest absolute Gasteiger partial charge is 0.481 e. The highest BCUT2D eigenvalue weighted by atomic mass is 79.9. The molecule has 0 aromatic carbocycles. The van der Waals surface area contributed by atoms with Gasteiger partial charge in [-0.3, -0.25) is 4.79 Å². The summed E-state index contributed by atoms with van der Waals surface area (Å²) >= 11 is 6.87. The molecule has 2 nitrogen and oxygen atoms in total. The van der Waals surface area contributed by atoms with Crippen molar-refractivity contribution in [1.82, 2.24) is 0 Å². The minimum absolute atomic E-state index is 0.0297. The van der Waals surface area contributed by atoms with Crippen LogP contribution in [-0.4, -0.2) is 21.2 Å². The average Bonchev–Trinajstić information content (AvgIpc) is 1.99. The van der Waals surface area contributed by atoms with Gasteiger partial charge in [-0.2, -0.15) is 0 Å². The molecule has 72 valence electrons. The zero-order valence-corrected chi connectivity index (χ0v) is 10.5. The summed E-state index contributed by atoms with van der Waals surface area (Å²) in [6.07, 6.45) is 0.936. The summed E-state index contributed by atoms with van der Waals surface area (Å²) in [5, 5.41) is 9.35. The molecule has 1 N–H and O–H groups in total. The van der Waals surface area contributed by atoms with E-state index in [-0.39, 0.29) is 11.8 Å². The van der Waals surface area contributed by atoms with Crippen LogP contribution in [0.25, 0.3) is 0 Å². The molecule has 1 atom stereocenters. The van der Waals surface area contributed by atoms with Gasteiger partial charge in [-0.1, -0.05) is 45.7 Å². The minimum atomic E-state index is -0.725. The van der Waals surface area contributed by atoms with E-state index in [2.05, 4.69) is 45.7 Å². The van der Waals surface area contributed by atoms with Crippen molar-refractivity contribution in [2.45, 2.75) is 31.5 Å². The number of hydrogen-bond donors (Lipinski definition) is 1. The van der Waals surface area contributed by atoms with Crippen LogP contribution in [0.5, 0.6) is 0 Å². The second-order valence-electron chi connectivity index (χ2n) is 3.50. The van der Waals surface area contributed by atoms with Crippen molar-refractivity contribution in [2.24, 2.45) is 5.41 Å². The van der Waals surface area contributed by atoms with Crippen LogP contribution >= 0.6 is 31.9 Å². The number of carbonyl (C=O) groups is 1. The second kappa shape index (κ2) is 5.22. The molecule has 0 aliphatic rings. The summed E-state index contributed by atoms with van der Waals surface area (Å²) in [6.45, 7) is 4.13. The molecule has 0 saturated carbocycles. The van der Waals surface area contributed by atoms with Crippen LogP contribution in [0, 0.1) is 5.41 Å². The molecule has 0 spiro atoms. The highest BCUT2D eigenvalue weighted by Crippen LogP contribution is 2.32. The minimum Gasteiger partial charge on any atom is -0.481 e. The van der Waals surface area contributed by atoms with Crippen LogP contribution in [0.4, 0.5) is 0 Å². The van der Waals surface area contributed by atoms with Crippen molar-refractivity contribution >= 4 is 37.8 Å². The van der Waals surface area contributed by atoms with Gasteiger partial charge in [0.05, 0.1) is 0 Å². The fraction of sp³-hybridized carbons (Fsp3) is 0.875. The summed E-state index contributed by atoms with van der Waals surface area (Å²) in [5.74, 6) is -0.725. The summed E-state index contributed by atoms with van der Waals surface area (Å²) in [7, 11) is 0. The zero-order chi connectivity index (χ0) is 9.78. The molecule has 0 aromatic rings. The SMILES string of the molecule is CC(C)(CCC(=O)O)C(Br)CBr. The number of aliphatic carboxylic acids is 1. The van der Waals surface area contributed by atoms with Crippen LogP contribution in [0.15, 0.2) is 0 Å². The first-order valence-electron chi connectivity index (χ1n) is 3.82. The Kier molecular flexibility index (Phi) is 5.41. The molecule has 0 fully saturated rings. The van der Waals surface area contributed by atoms with Gasteiger partial charge in [0.1, 0.15) is 0 Å². The first-order chi connectivity index (χ1) is 5.40. The lowest BCUT2D eigenvalue weighted by Gasteiger charge is -2.28. The van der Waals surface area contributed by atoms with E-state index in [9.17, 15) is 4.79 Å². The van der Waals surface area contributed by atoms with Gasteiger partial charge in [-0.05, 0) is 11.8 Å². The maximum absolute atomic E-state index is 10.3. The Bertz CT molecular complexity index is 157. The molecule has 0 aliphatic heterocycles. The molecule has 0 radical (unpaired) electrons. The van der Waals surface area contributed by atoms with Gasteiger partial charge in [0.15, 0.2) is 0 Å². The predicted molar refractivity (Wildman–Crippen MR) is 57.2 cm³/mol. The Labute approximate surface area is 90.0 Å². The highest BCUT2D eigenvalue weighted by Gasteiger charge is 2.26. The maximum Gasteiger partial charge on any atom is 0.303 e. The number of hydrogen-bond acceptors (Lipinski definition) is 1. The van der Waals surface area contributed by atoms with E-state index in [1.165, 1.54) is 0 Å². The van der Waals surface area contributed by atoms with Crippen molar-refractivity contribution in [3.8, 4) is 0 Å². The van der Waals surface area contributed by atoms with Gasteiger partial charge in [0, 0.05) is 16.6 Å². The normalized spacial score (nSPS) is 14.3. The topological polar surface area (TPSA) is 37.3 Å². The van der Waals surface area contributed by atoms with Crippen LogP contribution < -0.4 is 0 Å². The third kappa shape index (κ3) is 4.45. The first-order valence-corrected chi connectivity index (χ1v) is 5.85. The van der Waals surface area contributed by atoms with E-state index < -0.39 is 5.97 Å². The molecule has 4 heteroatoms. The average molecular weight is 302 g/mol. The lowest BCUT2D eigenvalue weighted by molar-refractivity contribution is -0.137. The van der Waals surface area contributed by atoms with Crippen LogP contribution in [0.2, 0.25) is 0 Å². The van der Waals surface area contributed by atoms with E-state index >= 15 is 0 Å². The first kappa shape index (κ1) is 12.4. The van der Waals surface area contributed by atoms with Gasteiger partial charge in [0.2, 0.25) is 0 Å². The number of carboxylic acids is 1. The van der Waals surface area contributed by atoms with Gasteiger partial charge >= 0.3 is 5.97 Å². The standard InChI is InChI=1S/C8H14Br2O2/c1-8(2,6(10)5-9)4-3-7(11)12/h6H,3-5H2,1-2H3,(H,11,12). The zero-order valence-electron chi connectivity index (χ0n) is 7.31. The molecule has 0 amide bonds. The number of halogens is 2. The second-order valence-corrected chi connectivity index (χ2v) is 5.26. The summed E-state index contributed by atoms with van der Waals surface area (Å²) < 4.78 is 0. The molecule has 0 heterocycles. The van der Waals surface area contributed by atoms with Gasteiger partial charge in [0.25, 0.3) is 0 Å². The third-order valence-corrected chi connectivity index (χ3v) is 5.05. The van der Waals surface area contributed by atoms with E-state index in [0.29, 0.717) is 11.2 Å². The van der Waals surface area contributed by atoms with E-state index in [4.69, 9.17) is 5.11 Å². The van der Waals surface area contributed by atoms with Gasteiger partial charge in [-0.25, -0.2) is 0 Å². The monoisotopic (exact) mass is 300 g/mol. The van der Waals surface area contributed by atoms with Crippen molar-refractivity contribution < 1.29 is 9.90 Å². The summed E-state index contributed by atoms with van der Waals surface area (Å²) in [5.41, 5.74) is 0.0297. The van der Waals surface area contributed by atoms with E-state index in [0.717, 1.165) is 5.33 Å². The van der Waals surface area contributed by atoms with Gasteiger partial charge in [-0.15, -0.1) is 0 Å². The fourth-order valence-electron chi connectivity index (χ4n) is 0.795. The number of carboxylic acid groups (broad SMARTS) is 1. The Balaban J connectivity index is 3.94. The Morgan fingerprint density at radius 3 is 2.42 bits per heavy atom. The molecule has 1 unspecified atom stereocenters. The lowest BCUT2D eigenvalue weighted by Crippen LogP contribution is -2.26. The van der Waals surface area contributed by atoms with Crippen molar-refractivity contribution in [3.05, 3.63) is 0 Å². The quantitative estimate of drug-likeness (QED) is 0.793. The highest BCUT2D eigenvalue weighted by molar-refractivity contribution is 9.12. The smallest absolute Gasteiger partial charge is 0.303 e. The van der Waals surface area contributed by atoms with Crippen LogP contribution in [-0.2, 0) is 4.79 Å². The van der Waals surface area contributed by atoms with Crippen LogP contribution in [0.1, 0.15) is 26.7 Å². The number of alkyl halides is 2. The molecular weight excluding hydrogens is 288 g/mol. The predicted octanol–water partition coefficient (Wildman–Crippen LogP) is 3.04. The molecule has 0 saturated heterocycles. The summed E-state index contributed by atoms with van der Waals surface area (Å²) in [6, 6.07) is 0. The molecule has 12 heavy (non-hydrogen) atoms. The maximum atomic E-state index is 10.3. The molecule has 0 rings (SSSR count). The van der Waals surface area contributed by atoms with Crippen LogP contribution in [0.3, 0.4) is 0 Å². The third-order valence-electron chi connectivity index (χ3n) is 1.97. The Hall–Kier alpha value is 0.430. The fourth-order valence-corrected chi connectivity index (χ4v) is 1.90. The molecule has 0 bridgehead atoms. The van der Waals surface area contributed by atoms with Crippen molar-refractivity contribution in [3.63, 3.8) is 0 Å². The Morgan fingerprint density at radius 1 is 1.58 bits per heavy atom. The lowest BCUT2D eigenvalue weighted by atomic mass is 9.85. The van der Waals surface area contributed by atoms with E-state index in [1.807, 2.05) is 0 Å². The Morgan fingerprint density at radius 2 is 2.08 bits per heavy atom. The number of rotatable bonds is 5. The van der Waals surface area contributed by atoms with E-state index in [1.54, 1.807) is 0 Å². The van der Waals surface area contributed by atoms with Gasteiger partial charge < -0.3 is 5.11 Å². The molecule has 0 aliphatic carbocycles. The molecule has 0 aromatic heterocycles. The molecular formula is C8H14Br2O2.